The van der Waals surface area contributed by atoms with E-state index < -0.39 is 0 Å². The minimum Gasteiger partial charge on any atom is -0.443 e. The Labute approximate surface area is 202 Å². The van der Waals surface area contributed by atoms with Crippen molar-refractivity contribution in [2.75, 3.05) is 44.0 Å². The number of anilines is 1. The van der Waals surface area contributed by atoms with E-state index in [1.807, 2.05) is 55.5 Å². The van der Waals surface area contributed by atoms with Gasteiger partial charge in [0.1, 0.15) is 6.10 Å². The summed E-state index contributed by atoms with van der Waals surface area (Å²) < 4.78 is 8.82. The van der Waals surface area contributed by atoms with E-state index >= 15 is 0 Å². The molecule has 2 N–H and O–H groups in total. The third-order valence-electron chi connectivity index (χ3n) is 6.18. The molecule has 176 valence electrons. The van der Waals surface area contributed by atoms with Crippen LogP contribution in [0, 0.1) is 6.92 Å². The lowest BCUT2D eigenvalue weighted by Gasteiger charge is -2.36. The predicted octanol–water partition coefficient (Wildman–Crippen LogP) is 3.53. The molecule has 34 heavy (non-hydrogen) atoms. The average Bonchev–Trinajstić information content (AvgIpc) is 2.85. The van der Waals surface area contributed by atoms with Crippen molar-refractivity contribution in [3.05, 3.63) is 65.9 Å². The van der Waals surface area contributed by atoms with Crippen LogP contribution < -0.4 is 10.0 Å². The molecule has 9 heteroatoms. The van der Waals surface area contributed by atoms with Crippen molar-refractivity contribution in [3.63, 3.8) is 0 Å². The van der Waals surface area contributed by atoms with Crippen LogP contribution >= 0.6 is 11.9 Å². The first-order valence-corrected chi connectivity index (χ1v) is 12.2. The maximum Gasteiger partial charge on any atom is 0.410 e. The maximum atomic E-state index is 13.0. The minimum atomic E-state index is -0.288. The fourth-order valence-electron chi connectivity index (χ4n) is 4.02. The number of carbonyl (C=O) groups is 2. The Bertz CT molecular complexity index is 1200. The Morgan fingerprint density at radius 1 is 1.06 bits per heavy atom. The number of fused-ring (bicyclic) bond motifs is 1. The van der Waals surface area contributed by atoms with Crippen molar-refractivity contribution in [2.24, 2.45) is 0 Å². The first-order chi connectivity index (χ1) is 16.6. The van der Waals surface area contributed by atoms with Crippen molar-refractivity contribution in [2.45, 2.75) is 17.9 Å². The van der Waals surface area contributed by atoms with Gasteiger partial charge in [-0.25, -0.2) is 4.79 Å². The fourth-order valence-corrected chi connectivity index (χ4v) is 4.88. The smallest absolute Gasteiger partial charge is 0.410 e. The molecule has 2 aliphatic rings. The Morgan fingerprint density at radius 3 is 2.56 bits per heavy atom. The lowest BCUT2D eigenvalue weighted by atomic mass is 10.1. The van der Waals surface area contributed by atoms with Gasteiger partial charge in [0.2, 0.25) is 0 Å². The summed E-state index contributed by atoms with van der Waals surface area (Å²) in [6, 6.07) is 15.8. The maximum absolute atomic E-state index is 13.0. The van der Waals surface area contributed by atoms with E-state index in [9.17, 15) is 9.59 Å². The van der Waals surface area contributed by atoms with Gasteiger partial charge in [-0.3, -0.25) is 9.78 Å². The van der Waals surface area contributed by atoms with Crippen molar-refractivity contribution in [1.82, 2.24) is 20.1 Å². The second kappa shape index (κ2) is 9.90. The molecule has 0 radical (unpaired) electrons. The van der Waals surface area contributed by atoms with Gasteiger partial charge < -0.3 is 24.6 Å². The predicted molar refractivity (Wildman–Crippen MR) is 133 cm³/mol. The highest BCUT2D eigenvalue weighted by molar-refractivity contribution is 8.00. The van der Waals surface area contributed by atoms with E-state index in [1.54, 1.807) is 16.0 Å². The molecule has 5 rings (SSSR count). The van der Waals surface area contributed by atoms with Gasteiger partial charge in [0, 0.05) is 62.1 Å². The molecule has 0 aliphatic carbocycles. The van der Waals surface area contributed by atoms with E-state index in [-0.39, 0.29) is 18.1 Å². The van der Waals surface area contributed by atoms with Gasteiger partial charge in [-0.2, -0.15) is 0 Å². The Kier molecular flexibility index (Phi) is 6.55. The summed E-state index contributed by atoms with van der Waals surface area (Å²) in [5, 5.41) is 4.18. The summed E-state index contributed by atoms with van der Waals surface area (Å²) >= 11 is 1.51. The molecule has 8 nitrogen and oxygen atoms in total. The molecule has 2 fully saturated rings. The number of rotatable bonds is 5. The number of benzene rings is 2. The van der Waals surface area contributed by atoms with Crippen LogP contribution in [-0.2, 0) is 4.74 Å². The zero-order valence-electron chi connectivity index (χ0n) is 19.0. The number of aryl methyl sites for hydroxylation is 1. The third-order valence-corrected chi connectivity index (χ3v) is 7.05. The summed E-state index contributed by atoms with van der Waals surface area (Å²) in [6.07, 6.45) is 1.48. The summed E-state index contributed by atoms with van der Waals surface area (Å²) in [6.45, 7) is 5.39. The van der Waals surface area contributed by atoms with Gasteiger partial charge in [-0.1, -0.05) is 18.2 Å². The van der Waals surface area contributed by atoms with Crippen LogP contribution in [0.2, 0.25) is 0 Å². The average molecular weight is 478 g/mol. The monoisotopic (exact) mass is 477 g/mol. The highest BCUT2D eigenvalue weighted by Gasteiger charge is 2.29. The molecule has 2 aliphatic heterocycles. The number of nitrogens with zero attached hydrogens (tertiary/aromatic N) is 3. The number of amides is 2. The second-order valence-corrected chi connectivity index (χ2v) is 9.36. The van der Waals surface area contributed by atoms with Crippen molar-refractivity contribution < 1.29 is 14.3 Å². The molecule has 2 saturated heterocycles. The van der Waals surface area contributed by atoms with Crippen LogP contribution in [0.4, 0.5) is 10.5 Å². The first kappa shape index (κ1) is 22.5. The molecule has 0 saturated carbocycles. The Hall–Kier alpha value is -3.30. The van der Waals surface area contributed by atoms with Crippen LogP contribution in [0.3, 0.4) is 0 Å². The molecule has 1 aromatic heterocycles. The Balaban J connectivity index is 1.18. The molecular weight excluding hydrogens is 450 g/mol. The van der Waals surface area contributed by atoms with Crippen molar-refractivity contribution in [1.29, 1.82) is 0 Å². The summed E-state index contributed by atoms with van der Waals surface area (Å²) in [4.78, 5) is 34.3. The van der Waals surface area contributed by atoms with Crippen LogP contribution in [0.1, 0.15) is 15.9 Å². The van der Waals surface area contributed by atoms with Crippen LogP contribution in [0.15, 0.2) is 59.6 Å². The van der Waals surface area contributed by atoms with Crippen molar-refractivity contribution in [3.8, 4) is 0 Å². The molecular formula is C25H27N5O3S. The number of para-hydroxylation sites is 1. The van der Waals surface area contributed by atoms with E-state index in [0.29, 0.717) is 44.8 Å². The van der Waals surface area contributed by atoms with Gasteiger partial charge in [-0.15, -0.1) is 0 Å². The van der Waals surface area contributed by atoms with E-state index in [0.717, 1.165) is 27.0 Å². The van der Waals surface area contributed by atoms with Crippen LogP contribution in [-0.4, -0.2) is 72.2 Å². The van der Waals surface area contributed by atoms with E-state index in [4.69, 9.17) is 4.74 Å². The number of carbonyl (C=O) groups excluding carboxylic acids is 2. The number of aromatic nitrogens is 1. The zero-order valence-corrected chi connectivity index (χ0v) is 19.8. The first-order valence-electron chi connectivity index (χ1n) is 11.4. The summed E-state index contributed by atoms with van der Waals surface area (Å²) in [5.41, 5.74) is 3.55. The lowest BCUT2D eigenvalue weighted by Crippen LogP contribution is -2.54. The highest BCUT2D eigenvalue weighted by Crippen LogP contribution is 2.29. The molecule has 3 aromatic rings. The van der Waals surface area contributed by atoms with Crippen molar-refractivity contribution >= 4 is 40.5 Å². The Morgan fingerprint density at radius 2 is 1.82 bits per heavy atom. The SMILES string of the molecule is Cc1cc(C(=O)N2CCN(C(=O)OC3CNC3)CC2)ccc1NSc1cccc2cccnc12. The van der Waals surface area contributed by atoms with Gasteiger partial charge in [0.25, 0.3) is 5.91 Å². The fraction of sp³-hybridized carbons (Fsp3) is 0.320. The lowest BCUT2D eigenvalue weighted by molar-refractivity contribution is 0.0258. The second-order valence-electron chi connectivity index (χ2n) is 8.51. The molecule has 0 atom stereocenters. The van der Waals surface area contributed by atoms with E-state index in [2.05, 4.69) is 15.0 Å². The number of hydrogen-bond acceptors (Lipinski definition) is 7. The number of hydrogen-bond donors (Lipinski definition) is 2. The summed E-state index contributed by atoms with van der Waals surface area (Å²) in [7, 11) is 0. The minimum absolute atomic E-state index is 0.0169. The zero-order chi connectivity index (χ0) is 23.5. The molecule has 2 aromatic carbocycles. The third kappa shape index (κ3) is 4.80. The highest BCUT2D eigenvalue weighted by atomic mass is 32.2. The van der Waals surface area contributed by atoms with Gasteiger partial charge >= 0.3 is 6.09 Å². The van der Waals surface area contributed by atoms with Crippen LogP contribution in [0.25, 0.3) is 10.9 Å². The molecule has 0 unspecified atom stereocenters. The standard InChI is InChI=1S/C25H27N5O3S/c1-17-14-19(24(31)29-10-12-30(13-11-29)25(32)33-20-15-26-16-20)7-8-21(17)28-34-22-6-2-4-18-5-3-9-27-23(18)22/h2-9,14,20,26,28H,10-13,15-16H2,1H3. The largest absolute Gasteiger partial charge is 0.443 e. The van der Waals surface area contributed by atoms with Crippen LogP contribution in [0.5, 0.6) is 0 Å². The number of pyridine rings is 1. The van der Waals surface area contributed by atoms with Gasteiger partial charge in [0.05, 0.1) is 10.4 Å². The quantitative estimate of drug-likeness (QED) is 0.544. The van der Waals surface area contributed by atoms with E-state index in [1.165, 1.54) is 11.9 Å². The number of nitrogens with one attached hydrogen (secondary N) is 2. The molecule has 3 heterocycles. The number of piperazine rings is 1. The topological polar surface area (TPSA) is 86.8 Å². The number of ether oxygens (including phenoxy) is 1. The molecule has 0 bridgehead atoms. The van der Waals surface area contributed by atoms with Gasteiger partial charge in [0.15, 0.2) is 0 Å². The summed E-state index contributed by atoms with van der Waals surface area (Å²) in [5.74, 6) is -0.0169. The molecule has 2 amide bonds. The normalized spacial score (nSPS) is 16.3. The molecule has 0 spiro atoms. The van der Waals surface area contributed by atoms with Gasteiger partial charge in [-0.05, 0) is 54.8 Å².